The second-order valence-electron chi connectivity index (χ2n) is 5.48. The molecule has 1 aliphatic heterocycles. The third-order valence-corrected chi connectivity index (χ3v) is 4.47. The average molecular weight is 324 g/mol. The molecule has 0 saturated carbocycles. The lowest BCUT2D eigenvalue weighted by Gasteiger charge is -2.21. The van der Waals surface area contributed by atoms with E-state index in [0.717, 1.165) is 31.7 Å². The van der Waals surface area contributed by atoms with Crippen LogP contribution in [0.15, 0.2) is 35.3 Å². The molecule has 22 heavy (non-hydrogen) atoms. The molecule has 2 N–H and O–H groups in total. The van der Waals surface area contributed by atoms with Crippen LogP contribution in [0.4, 0.5) is 0 Å². The molecule has 0 aliphatic carbocycles. The van der Waals surface area contributed by atoms with Crippen molar-refractivity contribution in [3.05, 3.63) is 35.9 Å². The summed E-state index contributed by atoms with van der Waals surface area (Å²) in [6.45, 7) is 2.77. The number of benzene rings is 1. The molecule has 1 saturated heterocycles. The Hall–Kier alpha value is -1.60. The van der Waals surface area contributed by atoms with Gasteiger partial charge in [-0.2, -0.15) is 0 Å². The lowest BCUT2D eigenvalue weighted by molar-refractivity contribution is 0.486. The van der Waals surface area contributed by atoms with Gasteiger partial charge in [0.15, 0.2) is 5.96 Å². The van der Waals surface area contributed by atoms with Gasteiger partial charge in [0.05, 0.1) is 6.26 Å². The summed E-state index contributed by atoms with van der Waals surface area (Å²) in [7, 11) is -1.38. The van der Waals surface area contributed by atoms with Gasteiger partial charge in [0, 0.05) is 39.1 Å². The third kappa shape index (κ3) is 4.99. The van der Waals surface area contributed by atoms with Crippen molar-refractivity contribution in [1.82, 2.24) is 14.9 Å². The number of rotatable bonds is 5. The summed E-state index contributed by atoms with van der Waals surface area (Å²) in [6.07, 6.45) is 2.26. The van der Waals surface area contributed by atoms with E-state index in [0.29, 0.717) is 19.0 Å². The topological polar surface area (TPSA) is 73.8 Å². The molecular formula is C15H24N4O2S. The van der Waals surface area contributed by atoms with Gasteiger partial charge in [-0.15, -0.1) is 0 Å². The highest BCUT2D eigenvalue weighted by molar-refractivity contribution is 7.88. The molecule has 0 bridgehead atoms. The van der Waals surface area contributed by atoms with E-state index < -0.39 is 10.0 Å². The van der Waals surface area contributed by atoms with Crippen molar-refractivity contribution < 1.29 is 8.42 Å². The first-order valence-electron chi connectivity index (χ1n) is 7.45. The van der Waals surface area contributed by atoms with Gasteiger partial charge in [0.25, 0.3) is 0 Å². The first-order chi connectivity index (χ1) is 10.5. The van der Waals surface area contributed by atoms with Crippen LogP contribution in [0, 0.1) is 0 Å². The van der Waals surface area contributed by atoms with Crippen LogP contribution in [0.1, 0.15) is 17.9 Å². The Labute approximate surface area is 132 Å². The Kier molecular flexibility index (Phi) is 5.79. The number of sulfonamides is 1. The van der Waals surface area contributed by atoms with Crippen LogP contribution in [-0.4, -0.2) is 58.8 Å². The van der Waals surface area contributed by atoms with Gasteiger partial charge in [-0.1, -0.05) is 30.3 Å². The Balaban J connectivity index is 1.83. The molecule has 7 heteroatoms. The highest BCUT2D eigenvalue weighted by Gasteiger charge is 2.25. The first kappa shape index (κ1) is 16.8. The minimum Gasteiger partial charge on any atom is -0.355 e. The van der Waals surface area contributed by atoms with E-state index >= 15 is 0 Å². The molecule has 122 valence electrons. The smallest absolute Gasteiger partial charge is 0.208 e. The monoisotopic (exact) mass is 324 g/mol. The fourth-order valence-electron chi connectivity index (χ4n) is 2.69. The van der Waals surface area contributed by atoms with Crippen molar-refractivity contribution in [3.8, 4) is 0 Å². The maximum absolute atomic E-state index is 11.0. The zero-order chi connectivity index (χ0) is 16.0. The minimum atomic E-state index is -3.14. The molecule has 1 aromatic rings. The Morgan fingerprint density at radius 3 is 2.68 bits per heavy atom. The van der Waals surface area contributed by atoms with Gasteiger partial charge in [-0.05, 0) is 12.0 Å². The van der Waals surface area contributed by atoms with Crippen molar-refractivity contribution in [2.45, 2.75) is 12.3 Å². The lowest BCUT2D eigenvalue weighted by Crippen LogP contribution is -2.43. The molecule has 0 spiro atoms. The molecule has 1 aliphatic rings. The van der Waals surface area contributed by atoms with Crippen molar-refractivity contribution in [3.63, 3.8) is 0 Å². The Morgan fingerprint density at radius 1 is 1.32 bits per heavy atom. The standard InChI is InChI=1S/C15H24N4O2S/c1-16-15(17-9-10-18-22(2,20)21)19-11-8-14(12-19)13-6-4-3-5-7-13/h3-7,14,18H,8-12H2,1-2H3,(H,16,17). The second kappa shape index (κ2) is 7.60. The highest BCUT2D eigenvalue weighted by atomic mass is 32.2. The number of nitrogens with one attached hydrogen (secondary N) is 2. The van der Waals surface area contributed by atoms with Crippen LogP contribution in [-0.2, 0) is 10.0 Å². The summed E-state index contributed by atoms with van der Waals surface area (Å²) in [5.74, 6) is 1.35. The molecular weight excluding hydrogens is 300 g/mol. The molecule has 1 atom stereocenters. The summed E-state index contributed by atoms with van der Waals surface area (Å²) in [4.78, 5) is 6.51. The molecule has 1 unspecified atom stereocenters. The zero-order valence-corrected chi connectivity index (χ0v) is 13.9. The summed E-state index contributed by atoms with van der Waals surface area (Å²) in [5, 5.41) is 3.20. The molecule has 0 aromatic heterocycles. The van der Waals surface area contributed by atoms with Crippen LogP contribution < -0.4 is 10.0 Å². The van der Waals surface area contributed by atoms with Crippen LogP contribution in [0.5, 0.6) is 0 Å². The van der Waals surface area contributed by atoms with E-state index in [9.17, 15) is 8.42 Å². The molecule has 1 heterocycles. The number of aliphatic imine (C=N–C) groups is 1. The molecule has 0 amide bonds. The van der Waals surface area contributed by atoms with Crippen molar-refractivity contribution in [2.75, 3.05) is 39.5 Å². The van der Waals surface area contributed by atoms with Crippen molar-refractivity contribution in [2.24, 2.45) is 4.99 Å². The molecule has 1 fully saturated rings. The minimum absolute atomic E-state index is 0.355. The quantitative estimate of drug-likeness (QED) is 0.473. The average Bonchev–Trinajstić information content (AvgIpc) is 2.97. The summed E-state index contributed by atoms with van der Waals surface area (Å²) in [5.41, 5.74) is 1.36. The van der Waals surface area contributed by atoms with Crippen molar-refractivity contribution in [1.29, 1.82) is 0 Å². The highest BCUT2D eigenvalue weighted by Crippen LogP contribution is 2.26. The maximum atomic E-state index is 11.0. The SMILES string of the molecule is CN=C(NCCNS(C)(=O)=O)N1CCC(c2ccccc2)C1. The predicted octanol–water partition coefficient (Wildman–Crippen LogP) is 0.601. The van der Waals surface area contributed by atoms with Crippen molar-refractivity contribution >= 4 is 16.0 Å². The number of hydrogen-bond donors (Lipinski definition) is 2. The van der Waals surface area contributed by atoms with Gasteiger partial charge >= 0.3 is 0 Å². The van der Waals surface area contributed by atoms with Crippen LogP contribution >= 0.6 is 0 Å². The fourth-order valence-corrected chi connectivity index (χ4v) is 3.17. The van der Waals surface area contributed by atoms with Gasteiger partial charge < -0.3 is 10.2 Å². The Morgan fingerprint density at radius 2 is 2.05 bits per heavy atom. The van der Waals surface area contributed by atoms with E-state index in [-0.39, 0.29) is 0 Å². The Bertz CT molecular complexity index is 601. The summed E-state index contributed by atoms with van der Waals surface area (Å²) >= 11 is 0. The fraction of sp³-hybridized carbons (Fsp3) is 0.533. The van der Waals surface area contributed by atoms with E-state index in [4.69, 9.17) is 0 Å². The predicted molar refractivity (Wildman–Crippen MR) is 89.6 cm³/mol. The summed E-state index contributed by atoms with van der Waals surface area (Å²) in [6, 6.07) is 10.5. The largest absolute Gasteiger partial charge is 0.355 e. The van der Waals surface area contributed by atoms with E-state index in [1.807, 2.05) is 6.07 Å². The maximum Gasteiger partial charge on any atom is 0.208 e. The second-order valence-corrected chi connectivity index (χ2v) is 7.32. The van der Waals surface area contributed by atoms with Crippen LogP contribution in [0.25, 0.3) is 0 Å². The number of nitrogens with zero attached hydrogens (tertiary/aromatic N) is 2. The number of hydrogen-bond acceptors (Lipinski definition) is 3. The first-order valence-corrected chi connectivity index (χ1v) is 9.34. The van der Waals surface area contributed by atoms with Gasteiger partial charge in [-0.25, -0.2) is 13.1 Å². The molecule has 6 nitrogen and oxygen atoms in total. The van der Waals surface area contributed by atoms with Gasteiger partial charge in [-0.3, -0.25) is 4.99 Å². The van der Waals surface area contributed by atoms with Gasteiger partial charge in [0.2, 0.25) is 10.0 Å². The normalized spacial score (nSPS) is 19.5. The summed E-state index contributed by atoms with van der Waals surface area (Å²) < 4.78 is 24.5. The van der Waals surface area contributed by atoms with E-state index in [1.165, 1.54) is 5.56 Å². The number of likely N-dealkylation sites (tertiary alicyclic amines) is 1. The molecule has 0 radical (unpaired) electrons. The molecule has 1 aromatic carbocycles. The lowest BCUT2D eigenvalue weighted by atomic mass is 9.99. The van der Waals surface area contributed by atoms with Gasteiger partial charge in [0.1, 0.15) is 0 Å². The number of guanidine groups is 1. The zero-order valence-electron chi connectivity index (χ0n) is 13.1. The van der Waals surface area contributed by atoms with E-state index in [1.54, 1.807) is 7.05 Å². The molecule has 2 rings (SSSR count). The third-order valence-electron chi connectivity index (χ3n) is 3.74. The van der Waals surface area contributed by atoms with E-state index in [2.05, 4.69) is 44.2 Å². The van der Waals surface area contributed by atoms with Crippen LogP contribution in [0.3, 0.4) is 0 Å². The van der Waals surface area contributed by atoms with Crippen LogP contribution in [0.2, 0.25) is 0 Å².